The summed E-state index contributed by atoms with van der Waals surface area (Å²) in [5, 5.41) is 6.61. The maximum Gasteiger partial charge on any atom is 0.262 e. The van der Waals surface area contributed by atoms with Crippen LogP contribution in [0.15, 0.2) is 66.7 Å². The summed E-state index contributed by atoms with van der Waals surface area (Å²) in [6.45, 7) is 3.32. The average molecular weight is 439 g/mol. The molecular weight excluding hydrogens is 412 g/mol. The Morgan fingerprint density at radius 2 is 1.74 bits per heavy atom. The fourth-order valence-electron chi connectivity index (χ4n) is 3.10. The second kappa shape index (κ2) is 11.4. The molecule has 0 saturated carbocycles. The van der Waals surface area contributed by atoms with E-state index < -0.39 is 0 Å². The van der Waals surface area contributed by atoms with E-state index in [0.29, 0.717) is 28.8 Å². The monoisotopic (exact) mass is 438 g/mol. The van der Waals surface area contributed by atoms with Crippen LogP contribution in [0.3, 0.4) is 0 Å². The molecule has 0 aliphatic rings. The number of anilines is 1. The summed E-state index contributed by atoms with van der Waals surface area (Å²) in [4.78, 5) is 12.2. The van der Waals surface area contributed by atoms with Gasteiger partial charge in [-0.3, -0.25) is 4.79 Å². The van der Waals surface area contributed by atoms with Gasteiger partial charge in [-0.15, -0.1) is 0 Å². The Kier molecular flexibility index (Phi) is 8.33. The third-order valence-electron chi connectivity index (χ3n) is 4.73. The number of aryl methyl sites for hydroxylation is 1. The number of rotatable bonds is 10. The van der Waals surface area contributed by atoms with Crippen molar-refractivity contribution >= 4 is 23.2 Å². The first-order valence-corrected chi connectivity index (χ1v) is 10.5. The molecule has 0 atom stereocenters. The Balaban J connectivity index is 1.53. The van der Waals surface area contributed by atoms with Crippen molar-refractivity contribution in [2.75, 3.05) is 25.6 Å². The topological polar surface area (TPSA) is 59.6 Å². The van der Waals surface area contributed by atoms with Crippen molar-refractivity contribution < 1.29 is 14.3 Å². The van der Waals surface area contributed by atoms with Gasteiger partial charge in [0, 0.05) is 12.2 Å². The number of hydrogen-bond donors (Lipinski definition) is 2. The molecule has 0 aromatic heterocycles. The van der Waals surface area contributed by atoms with E-state index in [-0.39, 0.29) is 12.5 Å². The van der Waals surface area contributed by atoms with E-state index in [2.05, 4.69) is 22.8 Å². The Hall–Kier alpha value is -3.02. The summed E-state index contributed by atoms with van der Waals surface area (Å²) in [6, 6.07) is 21.6. The Labute approximate surface area is 188 Å². The van der Waals surface area contributed by atoms with Crippen LogP contribution in [-0.2, 0) is 17.8 Å². The van der Waals surface area contributed by atoms with Gasteiger partial charge < -0.3 is 20.1 Å². The van der Waals surface area contributed by atoms with Gasteiger partial charge >= 0.3 is 0 Å². The lowest BCUT2D eigenvalue weighted by molar-refractivity contribution is -0.118. The highest BCUT2D eigenvalue weighted by Gasteiger charge is 2.14. The maximum atomic E-state index is 12.2. The van der Waals surface area contributed by atoms with Crippen molar-refractivity contribution in [1.29, 1.82) is 0 Å². The summed E-state index contributed by atoms with van der Waals surface area (Å²) in [7, 11) is 1.55. The molecule has 0 heterocycles. The third-order valence-corrected chi connectivity index (χ3v) is 5.02. The van der Waals surface area contributed by atoms with Crippen LogP contribution in [-0.4, -0.2) is 26.2 Å². The summed E-state index contributed by atoms with van der Waals surface area (Å²) >= 11 is 6.42. The summed E-state index contributed by atoms with van der Waals surface area (Å²) in [6.07, 6.45) is 0.947. The quantitative estimate of drug-likeness (QED) is 0.437. The molecule has 0 fully saturated rings. The standard InChI is InChI=1S/C25H27ClN2O3/c1-18-8-10-21(11-9-18)28-24(29)17-31-25-22(26)14-20(15-23(25)30-2)16-27-13-12-19-6-4-3-5-7-19/h3-11,14-15,27H,12-13,16-17H2,1-2H3,(H,28,29). The highest BCUT2D eigenvalue weighted by molar-refractivity contribution is 6.32. The highest BCUT2D eigenvalue weighted by atomic mass is 35.5. The predicted molar refractivity (Wildman–Crippen MR) is 125 cm³/mol. The lowest BCUT2D eigenvalue weighted by Gasteiger charge is -2.15. The van der Waals surface area contributed by atoms with Crippen LogP contribution in [0.25, 0.3) is 0 Å². The Morgan fingerprint density at radius 3 is 2.45 bits per heavy atom. The van der Waals surface area contributed by atoms with Gasteiger partial charge in [0.25, 0.3) is 5.91 Å². The average Bonchev–Trinajstić information content (AvgIpc) is 2.78. The number of nitrogens with one attached hydrogen (secondary N) is 2. The molecule has 3 aromatic rings. The second-order valence-corrected chi connectivity index (χ2v) is 7.63. The van der Waals surface area contributed by atoms with Gasteiger partial charge in [0.15, 0.2) is 18.1 Å². The second-order valence-electron chi connectivity index (χ2n) is 7.22. The van der Waals surface area contributed by atoms with Crippen molar-refractivity contribution in [3.8, 4) is 11.5 Å². The zero-order valence-corrected chi connectivity index (χ0v) is 18.5. The molecule has 3 aromatic carbocycles. The van der Waals surface area contributed by atoms with E-state index in [1.54, 1.807) is 7.11 Å². The molecule has 1 amide bonds. The van der Waals surface area contributed by atoms with Gasteiger partial charge in [-0.2, -0.15) is 0 Å². The molecule has 6 heteroatoms. The first-order valence-electron chi connectivity index (χ1n) is 10.2. The molecule has 3 rings (SSSR count). The van der Waals surface area contributed by atoms with Gasteiger partial charge in [0.1, 0.15) is 0 Å². The number of halogens is 1. The minimum Gasteiger partial charge on any atom is -0.493 e. The summed E-state index contributed by atoms with van der Waals surface area (Å²) in [5.41, 5.74) is 4.11. The van der Waals surface area contributed by atoms with Crippen molar-refractivity contribution in [2.24, 2.45) is 0 Å². The number of ether oxygens (including phenoxy) is 2. The van der Waals surface area contributed by atoms with Crippen LogP contribution in [0.5, 0.6) is 11.5 Å². The fraction of sp³-hybridized carbons (Fsp3) is 0.240. The lowest BCUT2D eigenvalue weighted by atomic mass is 10.1. The van der Waals surface area contributed by atoms with Crippen LogP contribution >= 0.6 is 11.6 Å². The minimum atomic E-state index is -0.270. The van der Waals surface area contributed by atoms with Crippen LogP contribution < -0.4 is 20.1 Å². The minimum absolute atomic E-state index is 0.168. The zero-order valence-electron chi connectivity index (χ0n) is 17.8. The number of benzene rings is 3. The predicted octanol–water partition coefficient (Wildman–Crippen LogP) is 5.01. The maximum absolute atomic E-state index is 12.2. The molecule has 0 unspecified atom stereocenters. The number of carbonyl (C=O) groups is 1. The van der Waals surface area contributed by atoms with Crippen molar-refractivity contribution in [3.05, 3.63) is 88.4 Å². The van der Waals surface area contributed by atoms with E-state index in [9.17, 15) is 4.79 Å². The molecule has 0 radical (unpaired) electrons. The van der Waals surface area contributed by atoms with E-state index in [0.717, 1.165) is 24.1 Å². The van der Waals surface area contributed by atoms with E-state index >= 15 is 0 Å². The molecule has 0 saturated heterocycles. The largest absolute Gasteiger partial charge is 0.493 e. The van der Waals surface area contributed by atoms with Gasteiger partial charge in [-0.1, -0.05) is 59.6 Å². The Morgan fingerprint density at radius 1 is 1.00 bits per heavy atom. The molecule has 0 aliphatic carbocycles. The molecule has 5 nitrogen and oxygen atoms in total. The number of hydrogen-bond acceptors (Lipinski definition) is 4. The summed E-state index contributed by atoms with van der Waals surface area (Å²) in [5.74, 6) is 0.584. The fourth-order valence-corrected chi connectivity index (χ4v) is 3.39. The molecular formula is C25H27ClN2O3. The number of carbonyl (C=O) groups excluding carboxylic acids is 1. The molecule has 162 valence electrons. The van der Waals surface area contributed by atoms with E-state index in [1.165, 1.54) is 5.56 Å². The SMILES string of the molecule is COc1cc(CNCCc2ccccc2)cc(Cl)c1OCC(=O)Nc1ccc(C)cc1. The van der Waals surface area contributed by atoms with Crippen LogP contribution in [0, 0.1) is 6.92 Å². The first kappa shape index (κ1) is 22.7. The van der Waals surface area contributed by atoms with E-state index in [4.69, 9.17) is 21.1 Å². The highest BCUT2D eigenvalue weighted by Crippen LogP contribution is 2.36. The van der Waals surface area contributed by atoms with Crippen molar-refractivity contribution in [1.82, 2.24) is 5.32 Å². The normalized spacial score (nSPS) is 10.5. The summed E-state index contributed by atoms with van der Waals surface area (Å²) < 4.78 is 11.1. The smallest absolute Gasteiger partial charge is 0.262 e. The molecule has 31 heavy (non-hydrogen) atoms. The van der Waals surface area contributed by atoms with Gasteiger partial charge in [0.05, 0.1) is 12.1 Å². The van der Waals surface area contributed by atoms with Crippen molar-refractivity contribution in [3.63, 3.8) is 0 Å². The zero-order chi connectivity index (χ0) is 22.1. The van der Waals surface area contributed by atoms with Gasteiger partial charge in [0.2, 0.25) is 0 Å². The number of amides is 1. The lowest BCUT2D eigenvalue weighted by Crippen LogP contribution is -2.20. The first-order chi connectivity index (χ1) is 15.0. The molecule has 2 N–H and O–H groups in total. The van der Waals surface area contributed by atoms with Crippen molar-refractivity contribution in [2.45, 2.75) is 19.9 Å². The Bertz CT molecular complexity index is 992. The van der Waals surface area contributed by atoms with Crippen LogP contribution in [0.2, 0.25) is 5.02 Å². The van der Waals surface area contributed by atoms with Gasteiger partial charge in [-0.05, 0) is 55.3 Å². The molecule has 0 bridgehead atoms. The molecule has 0 aliphatic heterocycles. The van der Waals surface area contributed by atoms with Crippen LogP contribution in [0.4, 0.5) is 5.69 Å². The third kappa shape index (κ3) is 7.02. The number of methoxy groups -OCH3 is 1. The van der Waals surface area contributed by atoms with Crippen LogP contribution in [0.1, 0.15) is 16.7 Å². The van der Waals surface area contributed by atoms with Gasteiger partial charge in [-0.25, -0.2) is 0 Å². The molecule has 0 spiro atoms. The van der Waals surface area contributed by atoms with E-state index in [1.807, 2.05) is 61.5 Å².